The summed E-state index contributed by atoms with van der Waals surface area (Å²) in [5, 5.41) is 3.26. The molecule has 0 unspecified atom stereocenters. The van der Waals surface area contributed by atoms with Crippen molar-refractivity contribution >= 4 is 30.5 Å². The monoisotopic (exact) mass is 231 g/mol. The zero-order chi connectivity index (χ0) is 10.9. The number of hydrogen-bond acceptors (Lipinski definition) is 2. The summed E-state index contributed by atoms with van der Waals surface area (Å²) in [6.45, 7) is 6.77. The average Bonchev–Trinajstić information content (AvgIpc) is 2.61. The molecule has 1 aromatic carbocycles. The van der Waals surface area contributed by atoms with E-state index in [1.165, 1.54) is 16.9 Å². The molecule has 0 aliphatic heterocycles. The van der Waals surface area contributed by atoms with Crippen LogP contribution in [-0.2, 0) is 0 Å². The largest absolute Gasteiger partial charge is 0.193 e. The van der Waals surface area contributed by atoms with E-state index in [1.54, 1.807) is 0 Å². The van der Waals surface area contributed by atoms with Gasteiger partial charge >= 0.3 is 0 Å². The summed E-state index contributed by atoms with van der Waals surface area (Å²) in [7, 11) is -1.29. The Labute approximate surface area is 95.3 Å². The molecule has 76 valence electrons. The van der Waals surface area contributed by atoms with Gasteiger partial charge in [-0.25, -0.2) is 0 Å². The lowest BCUT2D eigenvalue weighted by atomic mass is 10.1. The molecule has 1 nitrogen and oxygen atoms in total. The van der Waals surface area contributed by atoms with Gasteiger partial charge in [-0.1, -0.05) is 31.6 Å². The summed E-state index contributed by atoms with van der Waals surface area (Å²) in [6, 6.07) is 6.13. The summed E-state index contributed by atoms with van der Waals surface area (Å²) >= 11 is 1.49. The van der Waals surface area contributed by atoms with Crippen molar-refractivity contribution in [3.8, 4) is 11.5 Å². The standard InChI is InChI=1S/C12H13NSSi/c1-15(2,3)8-7-10-5-4-6-12-11(10)9-14-13-12/h4-6,9H,1-3H3. The molecule has 0 spiro atoms. The second-order valence-electron chi connectivity index (χ2n) is 4.55. The minimum absolute atomic E-state index is 1.06. The summed E-state index contributed by atoms with van der Waals surface area (Å²) in [4.78, 5) is 0. The lowest BCUT2D eigenvalue weighted by Crippen LogP contribution is -2.16. The summed E-state index contributed by atoms with van der Waals surface area (Å²) in [6.07, 6.45) is 0. The molecule has 0 radical (unpaired) electrons. The molecule has 2 rings (SSSR count). The average molecular weight is 231 g/mol. The van der Waals surface area contributed by atoms with Gasteiger partial charge in [-0.05, 0) is 23.7 Å². The first-order chi connectivity index (χ1) is 7.06. The highest BCUT2D eigenvalue weighted by atomic mass is 32.1. The van der Waals surface area contributed by atoms with Gasteiger partial charge in [-0.2, -0.15) is 4.37 Å². The van der Waals surface area contributed by atoms with E-state index in [2.05, 4.69) is 46.9 Å². The van der Waals surface area contributed by atoms with E-state index in [0.717, 1.165) is 11.1 Å². The van der Waals surface area contributed by atoms with Gasteiger partial charge in [0, 0.05) is 16.3 Å². The van der Waals surface area contributed by atoms with Crippen LogP contribution in [0.1, 0.15) is 5.56 Å². The van der Waals surface area contributed by atoms with E-state index in [4.69, 9.17) is 0 Å². The molecule has 1 heterocycles. The molecule has 0 saturated carbocycles. The fourth-order valence-corrected chi connectivity index (χ4v) is 2.44. The van der Waals surface area contributed by atoms with Crippen LogP contribution in [0.25, 0.3) is 10.9 Å². The lowest BCUT2D eigenvalue weighted by Gasteiger charge is -2.03. The maximum atomic E-state index is 4.31. The third kappa shape index (κ3) is 2.47. The van der Waals surface area contributed by atoms with Crippen molar-refractivity contribution in [2.24, 2.45) is 0 Å². The van der Waals surface area contributed by atoms with Crippen LogP contribution >= 0.6 is 11.5 Å². The van der Waals surface area contributed by atoms with E-state index < -0.39 is 8.07 Å². The second-order valence-corrected chi connectivity index (χ2v) is 9.93. The van der Waals surface area contributed by atoms with E-state index >= 15 is 0 Å². The predicted octanol–water partition coefficient (Wildman–Crippen LogP) is 3.53. The molecular formula is C12H13NSSi. The van der Waals surface area contributed by atoms with Crippen LogP contribution in [0.4, 0.5) is 0 Å². The Bertz CT molecular complexity index is 540. The van der Waals surface area contributed by atoms with Gasteiger partial charge < -0.3 is 0 Å². The number of rotatable bonds is 0. The quantitative estimate of drug-likeness (QED) is 0.499. The molecule has 0 N–H and O–H groups in total. The predicted molar refractivity (Wildman–Crippen MR) is 69.8 cm³/mol. The Morgan fingerprint density at radius 1 is 1.27 bits per heavy atom. The van der Waals surface area contributed by atoms with Crippen LogP contribution in [-0.4, -0.2) is 12.4 Å². The Morgan fingerprint density at radius 3 is 2.80 bits per heavy atom. The van der Waals surface area contributed by atoms with Crippen LogP contribution in [0.2, 0.25) is 19.6 Å². The molecule has 0 aliphatic carbocycles. The van der Waals surface area contributed by atoms with Crippen molar-refractivity contribution < 1.29 is 0 Å². The Balaban J connectivity index is 2.51. The highest BCUT2D eigenvalue weighted by Gasteiger charge is 2.08. The first kappa shape index (κ1) is 10.4. The Hall–Kier alpha value is -1.11. The first-order valence-electron chi connectivity index (χ1n) is 4.92. The van der Waals surface area contributed by atoms with Gasteiger partial charge in [0.2, 0.25) is 0 Å². The number of aromatic nitrogens is 1. The van der Waals surface area contributed by atoms with Gasteiger partial charge in [0.1, 0.15) is 8.07 Å². The second kappa shape index (κ2) is 3.80. The molecule has 3 heteroatoms. The molecule has 0 amide bonds. The molecule has 15 heavy (non-hydrogen) atoms. The molecule has 0 saturated heterocycles. The van der Waals surface area contributed by atoms with Crippen LogP contribution < -0.4 is 0 Å². The fourth-order valence-electron chi connectivity index (χ4n) is 1.26. The van der Waals surface area contributed by atoms with Crippen molar-refractivity contribution in [2.45, 2.75) is 19.6 Å². The maximum Gasteiger partial charge on any atom is 0.129 e. The summed E-state index contributed by atoms with van der Waals surface area (Å²) in [5.74, 6) is 3.29. The minimum Gasteiger partial charge on any atom is -0.193 e. The number of benzene rings is 1. The van der Waals surface area contributed by atoms with Crippen molar-refractivity contribution in [3.63, 3.8) is 0 Å². The van der Waals surface area contributed by atoms with Crippen LogP contribution in [0, 0.1) is 11.5 Å². The smallest absolute Gasteiger partial charge is 0.129 e. The first-order valence-corrected chi connectivity index (χ1v) is 9.26. The highest BCUT2D eigenvalue weighted by molar-refractivity contribution is 7.04. The molecule has 2 aromatic rings. The van der Waals surface area contributed by atoms with Crippen LogP contribution in [0.15, 0.2) is 23.6 Å². The van der Waals surface area contributed by atoms with Gasteiger partial charge in [-0.15, -0.1) is 5.54 Å². The third-order valence-electron chi connectivity index (χ3n) is 1.98. The third-order valence-corrected chi connectivity index (χ3v) is 3.50. The Kier molecular flexibility index (Phi) is 2.64. The molecule has 1 aromatic heterocycles. The van der Waals surface area contributed by atoms with Crippen molar-refractivity contribution in [2.75, 3.05) is 0 Å². The molecule has 0 fully saturated rings. The molecular weight excluding hydrogens is 218 g/mol. The summed E-state index contributed by atoms with van der Waals surface area (Å²) < 4.78 is 4.31. The fraction of sp³-hybridized carbons (Fsp3) is 0.250. The zero-order valence-corrected chi connectivity index (χ0v) is 11.0. The molecule has 0 aliphatic rings. The van der Waals surface area contributed by atoms with E-state index in [-0.39, 0.29) is 0 Å². The SMILES string of the molecule is C[Si](C)(C)C#Cc1cccc2nscc12. The topological polar surface area (TPSA) is 12.9 Å². The molecule has 0 bridgehead atoms. The van der Waals surface area contributed by atoms with Crippen molar-refractivity contribution in [1.29, 1.82) is 0 Å². The minimum atomic E-state index is -1.29. The van der Waals surface area contributed by atoms with E-state index in [0.29, 0.717) is 0 Å². The van der Waals surface area contributed by atoms with Gasteiger partial charge in [0.15, 0.2) is 0 Å². The van der Waals surface area contributed by atoms with Gasteiger partial charge in [-0.3, -0.25) is 0 Å². The van der Waals surface area contributed by atoms with Crippen molar-refractivity contribution in [3.05, 3.63) is 29.1 Å². The number of fused-ring (bicyclic) bond motifs is 1. The lowest BCUT2D eigenvalue weighted by molar-refractivity contribution is 1.65. The van der Waals surface area contributed by atoms with Gasteiger partial charge in [0.05, 0.1) is 5.52 Å². The summed E-state index contributed by atoms with van der Waals surface area (Å²) in [5.41, 5.74) is 5.56. The molecule has 0 atom stereocenters. The Morgan fingerprint density at radius 2 is 2.07 bits per heavy atom. The number of nitrogens with zero attached hydrogens (tertiary/aromatic N) is 1. The van der Waals surface area contributed by atoms with Gasteiger partial charge in [0.25, 0.3) is 0 Å². The van der Waals surface area contributed by atoms with Crippen LogP contribution in [0.3, 0.4) is 0 Å². The van der Waals surface area contributed by atoms with Crippen LogP contribution in [0.5, 0.6) is 0 Å². The van der Waals surface area contributed by atoms with E-state index in [1.807, 2.05) is 12.1 Å². The number of hydrogen-bond donors (Lipinski definition) is 0. The maximum absolute atomic E-state index is 4.31. The van der Waals surface area contributed by atoms with Crippen molar-refractivity contribution in [1.82, 2.24) is 4.37 Å². The normalized spacial score (nSPS) is 11.1. The van der Waals surface area contributed by atoms with E-state index in [9.17, 15) is 0 Å². The highest BCUT2D eigenvalue weighted by Crippen LogP contribution is 2.18. The zero-order valence-electron chi connectivity index (χ0n) is 9.16.